The van der Waals surface area contributed by atoms with Crippen molar-refractivity contribution in [2.75, 3.05) is 5.75 Å². The first-order chi connectivity index (χ1) is 9.52. The van der Waals surface area contributed by atoms with Crippen molar-refractivity contribution in [2.45, 2.75) is 11.7 Å². The number of aromatic nitrogens is 2. The highest BCUT2D eigenvalue weighted by Crippen LogP contribution is 2.27. The fraction of sp³-hybridized carbons (Fsp3) is 0.154. The average Bonchev–Trinajstić information content (AvgIpc) is 2.74. The second-order valence-electron chi connectivity index (χ2n) is 3.97. The van der Waals surface area contributed by atoms with Crippen molar-refractivity contribution in [1.29, 1.82) is 5.26 Å². The molecular formula is C13H10ClN3O2S. The summed E-state index contributed by atoms with van der Waals surface area (Å²) in [5.41, 5.74) is 1.72. The van der Waals surface area contributed by atoms with E-state index in [-0.39, 0.29) is 5.75 Å². The van der Waals surface area contributed by atoms with E-state index < -0.39 is 5.97 Å². The van der Waals surface area contributed by atoms with Crippen molar-refractivity contribution in [3.05, 3.63) is 35.4 Å². The molecule has 0 unspecified atom stereocenters. The van der Waals surface area contributed by atoms with E-state index in [2.05, 4.69) is 17.6 Å². The summed E-state index contributed by atoms with van der Waals surface area (Å²) < 4.78 is 1.76. The first kappa shape index (κ1) is 14.4. The number of benzene rings is 1. The topological polar surface area (TPSA) is 78.9 Å². The Morgan fingerprint density at radius 2 is 2.35 bits per heavy atom. The Kier molecular flexibility index (Phi) is 4.32. The lowest BCUT2D eigenvalue weighted by molar-refractivity contribution is -0.133. The van der Waals surface area contributed by atoms with Crippen molar-refractivity contribution in [3.63, 3.8) is 0 Å². The van der Waals surface area contributed by atoms with Crippen molar-refractivity contribution in [3.8, 4) is 6.07 Å². The molecule has 5 nitrogen and oxygen atoms in total. The van der Waals surface area contributed by atoms with Gasteiger partial charge in [-0.3, -0.25) is 4.79 Å². The number of fused-ring (bicyclic) bond motifs is 1. The first-order valence-electron chi connectivity index (χ1n) is 5.60. The average molecular weight is 308 g/mol. The maximum atomic E-state index is 10.7. The quantitative estimate of drug-likeness (QED) is 0.859. The Bertz CT molecular complexity index is 733. The highest BCUT2D eigenvalue weighted by molar-refractivity contribution is 7.99. The Morgan fingerprint density at radius 3 is 2.95 bits per heavy atom. The van der Waals surface area contributed by atoms with Gasteiger partial charge in [-0.25, -0.2) is 4.98 Å². The number of carboxylic acids is 1. The maximum absolute atomic E-state index is 10.7. The SMILES string of the molecule is C=C(Cl)Cn1c(SCC(=O)O)nc2c(C#N)cccc21. The summed E-state index contributed by atoms with van der Waals surface area (Å²) in [7, 11) is 0. The van der Waals surface area contributed by atoms with Crippen LogP contribution in [0, 0.1) is 11.3 Å². The molecule has 0 fully saturated rings. The molecule has 0 aliphatic heterocycles. The third kappa shape index (κ3) is 2.95. The summed E-state index contributed by atoms with van der Waals surface area (Å²) in [5.74, 6) is -1.04. The zero-order valence-electron chi connectivity index (χ0n) is 10.3. The number of hydrogen-bond donors (Lipinski definition) is 1. The van der Waals surface area contributed by atoms with E-state index in [1.165, 1.54) is 0 Å². The van der Waals surface area contributed by atoms with E-state index in [4.69, 9.17) is 22.0 Å². The van der Waals surface area contributed by atoms with Crippen molar-refractivity contribution >= 4 is 40.4 Å². The van der Waals surface area contributed by atoms with Gasteiger partial charge in [-0.1, -0.05) is 36.0 Å². The van der Waals surface area contributed by atoms with Crippen LogP contribution in [-0.4, -0.2) is 26.4 Å². The number of carbonyl (C=O) groups is 1. The molecule has 1 aromatic carbocycles. The number of carboxylic acid groups (broad SMARTS) is 1. The van der Waals surface area contributed by atoms with Crippen LogP contribution in [0.1, 0.15) is 5.56 Å². The number of para-hydroxylation sites is 1. The fourth-order valence-corrected chi connectivity index (χ4v) is 2.62. The van der Waals surface area contributed by atoms with E-state index >= 15 is 0 Å². The van der Waals surface area contributed by atoms with Gasteiger partial charge in [0.1, 0.15) is 11.6 Å². The minimum absolute atomic E-state index is 0.111. The van der Waals surface area contributed by atoms with Gasteiger partial charge in [0.2, 0.25) is 0 Å². The monoisotopic (exact) mass is 307 g/mol. The summed E-state index contributed by atoms with van der Waals surface area (Å²) in [6.07, 6.45) is 0. The fourth-order valence-electron chi connectivity index (χ4n) is 1.78. The number of halogens is 1. The molecule has 0 atom stereocenters. The zero-order chi connectivity index (χ0) is 14.7. The van der Waals surface area contributed by atoms with Crippen LogP contribution in [-0.2, 0) is 11.3 Å². The third-order valence-corrected chi connectivity index (χ3v) is 3.60. The van der Waals surface area contributed by atoms with Gasteiger partial charge >= 0.3 is 5.97 Å². The third-order valence-electron chi connectivity index (χ3n) is 2.52. The van der Waals surface area contributed by atoms with Crippen LogP contribution in [0.15, 0.2) is 35.0 Å². The summed E-state index contributed by atoms with van der Waals surface area (Å²) in [6, 6.07) is 7.30. The van der Waals surface area contributed by atoms with Crippen molar-refractivity contribution < 1.29 is 9.90 Å². The molecule has 0 spiro atoms. The Morgan fingerprint density at radius 1 is 1.60 bits per heavy atom. The number of allylic oxidation sites excluding steroid dienone is 1. The highest BCUT2D eigenvalue weighted by Gasteiger charge is 2.15. The van der Waals surface area contributed by atoms with Gasteiger partial charge in [0, 0.05) is 5.03 Å². The minimum Gasteiger partial charge on any atom is -0.481 e. The standard InChI is InChI=1S/C13H10ClN3O2S/c1-8(14)6-17-10-4-2-3-9(5-15)12(10)16-13(17)20-7-11(18)19/h2-4H,1,6-7H2,(H,18,19). The molecule has 0 aliphatic rings. The molecule has 20 heavy (non-hydrogen) atoms. The lowest BCUT2D eigenvalue weighted by atomic mass is 10.2. The normalized spacial score (nSPS) is 10.4. The van der Waals surface area contributed by atoms with Crippen LogP contribution in [0.2, 0.25) is 0 Å². The number of imidazole rings is 1. The number of thioether (sulfide) groups is 1. The summed E-state index contributed by atoms with van der Waals surface area (Å²) >= 11 is 6.93. The highest BCUT2D eigenvalue weighted by atomic mass is 35.5. The molecule has 1 aromatic heterocycles. The largest absolute Gasteiger partial charge is 0.481 e. The number of nitriles is 1. The molecule has 1 N–H and O–H groups in total. The van der Waals surface area contributed by atoms with Gasteiger partial charge < -0.3 is 9.67 Å². The molecule has 0 saturated carbocycles. The van der Waals surface area contributed by atoms with Gasteiger partial charge in [-0.05, 0) is 12.1 Å². The zero-order valence-corrected chi connectivity index (χ0v) is 11.9. The Balaban J connectivity index is 2.56. The molecule has 2 aromatic rings. The van der Waals surface area contributed by atoms with Crippen LogP contribution in [0.3, 0.4) is 0 Å². The number of rotatable bonds is 5. The number of hydrogen-bond acceptors (Lipinski definition) is 4. The van der Waals surface area contributed by atoms with E-state index in [0.717, 1.165) is 17.3 Å². The van der Waals surface area contributed by atoms with Crippen molar-refractivity contribution in [2.24, 2.45) is 0 Å². The van der Waals surface area contributed by atoms with Gasteiger partial charge in [0.05, 0.1) is 23.4 Å². The molecule has 0 radical (unpaired) electrons. The van der Waals surface area contributed by atoms with Crippen LogP contribution in [0.4, 0.5) is 0 Å². The molecule has 1 heterocycles. The molecule has 0 saturated heterocycles. The van der Waals surface area contributed by atoms with Crippen molar-refractivity contribution in [1.82, 2.24) is 9.55 Å². The van der Waals surface area contributed by atoms with Gasteiger partial charge in [0.25, 0.3) is 0 Å². The van der Waals surface area contributed by atoms with E-state index in [1.54, 1.807) is 16.7 Å². The van der Waals surface area contributed by atoms with Gasteiger partial charge in [-0.2, -0.15) is 5.26 Å². The minimum atomic E-state index is -0.932. The molecule has 2 rings (SSSR count). The number of aliphatic carboxylic acids is 1. The van der Waals surface area contributed by atoms with E-state index in [1.807, 2.05) is 6.07 Å². The lowest BCUT2D eigenvalue weighted by Gasteiger charge is -2.06. The van der Waals surface area contributed by atoms with Crippen LogP contribution in [0.5, 0.6) is 0 Å². The van der Waals surface area contributed by atoms with Crippen LogP contribution < -0.4 is 0 Å². The summed E-state index contributed by atoms with van der Waals surface area (Å²) in [6.45, 7) is 3.96. The molecule has 7 heteroatoms. The first-order valence-corrected chi connectivity index (χ1v) is 6.96. The molecular weight excluding hydrogens is 298 g/mol. The summed E-state index contributed by atoms with van der Waals surface area (Å²) in [5, 5.41) is 18.8. The van der Waals surface area contributed by atoms with Gasteiger partial charge in [-0.15, -0.1) is 0 Å². The second-order valence-corrected chi connectivity index (χ2v) is 5.44. The molecule has 102 valence electrons. The molecule has 0 aliphatic carbocycles. The van der Waals surface area contributed by atoms with E-state index in [0.29, 0.717) is 27.8 Å². The maximum Gasteiger partial charge on any atom is 0.313 e. The Hall–Kier alpha value is -1.97. The smallest absolute Gasteiger partial charge is 0.313 e. The molecule has 0 bridgehead atoms. The van der Waals surface area contributed by atoms with E-state index in [9.17, 15) is 4.79 Å². The van der Waals surface area contributed by atoms with Crippen LogP contribution >= 0.6 is 23.4 Å². The van der Waals surface area contributed by atoms with Crippen LogP contribution in [0.25, 0.3) is 11.0 Å². The summed E-state index contributed by atoms with van der Waals surface area (Å²) in [4.78, 5) is 15.0. The number of nitrogens with zero attached hydrogens (tertiary/aromatic N) is 3. The molecule has 0 amide bonds. The second kappa shape index (κ2) is 5.99. The van der Waals surface area contributed by atoms with Gasteiger partial charge in [0.15, 0.2) is 5.16 Å². The predicted molar refractivity (Wildman–Crippen MR) is 77.8 cm³/mol. The predicted octanol–water partition coefficient (Wildman–Crippen LogP) is 2.84. The Labute approximate surface area is 124 Å². The lowest BCUT2D eigenvalue weighted by Crippen LogP contribution is -2.03.